The summed E-state index contributed by atoms with van der Waals surface area (Å²) in [6, 6.07) is 4.72. The average molecular weight is 363 g/mol. The van der Waals surface area contributed by atoms with Gasteiger partial charge in [-0.15, -0.1) is 0 Å². The van der Waals surface area contributed by atoms with E-state index in [2.05, 4.69) is 15.9 Å². The lowest BCUT2D eigenvalue weighted by molar-refractivity contribution is 0.203. The fraction of sp³-hybridized carbons (Fsp3) is 0.538. The van der Waals surface area contributed by atoms with Crippen LogP contribution in [0, 0.1) is 5.92 Å². The highest BCUT2D eigenvalue weighted by atomic mass is 79.9. The number of nitrogens with two attached hydrogens (primary N) is 1. The Hall–Kier alpha value is -0.630. The first-order valence-corrected chi connectivity index (χ1v) is 8.84. The minimum atomic E-state index is -3.51. The van der Waals surface area contributed by atoms with E-state index in [-0.39, 0.29) is 17.4 Å². The van der Waals surface area contributed by atoms with Gasteiger partial charge in [-0.25, -0.2) is 8.42 Å². The molecule has 0 spiro atoms. The third-order valence-electron chi connectivity index (χ3n) is 3.59. The summed E-state index contributed by atoms with van der Waals surface area (Å²) in [4.78, 5) is 0.247. The van der Waals surface area contributed by atoms with Crippen LogP contribution in [-0.4, -0.2) is 37.5 Å². The summed E-state index contributed by atoms with van der Waals surface area (Å²) in [6.45, 7) is 1.10. The van der Waals surface area contributed by atoms with Crippen LogP contribution in [0.25, 0.3) is 0 Å². The number of nitrogens with zero attached hydrogens (tertiary/aromatic N) is 1. The maximum Gasteiger partial charge on any atom is 0.244 e. The Balaban J connectivity index is 2.25. The van der Waals surface area contributed by atoms with Crippen LogP contribution in [0.4, 0.5) is 5.69 Å². The van der Waals surface area contributed by atoms with Gasteiger partial charge in [-0.1, -0.05) is 0 Å². The van der Waals surface area contributed by atoms with E-state index in [9.17, 15) is 8.42 Å². The first-order valence-electron chi connectivity index (χ1n) is 6.61. The molecule has 1 aromatic carbocycles. The minimum absolute atomic E-state index is 0.101. The molecule has 0 amide bonds. The highest BCUT2D eigenvalue weighted by Gasteiger charge is 2.31. The second-order valence-corrected chi connectivity index (χ2v) is 7.83. The van der Waals surface area contributed by atoms with Crippen molar-refractivity contribution in [1.29, 1.82) is 0 Å². The Labute approximate surface area is 128 Å². The van der Waals surface area contributed by atoms with Crippen molar-refractivity contribution in [3.8, 4) is 0 Å². The zero-order valence-corrected chi connectivity index (χ0v) is 13.5. The molecule has 0 bridgehead atoms. The van der Waals surface area contributed by atoms with Gasteiger partial charge >= 0.3 is 0 Å². The molecule has 5 nitrogen and oxygen atoms in total. The van der Waals surface area contributed by atoms with E-state index in [0.717, 1.165) is 12.8 Å². The van der Waals surface area contributed by atoms with Crippen LogP contribution in [0.5, 0.6) is 0 Å². The Kier molecular flexibility index (Phi) is 5.06. The quantitative estimate of drug-likeness (QED) is 0.800. The highest BCUT2D eigenvalue weighted by Crippen LogP contribution is 2.30. The Morgan fingerprint density at radius 1 is 1.45 bits per heavy atom. The Morgan fingerprint density at radius 3 is 2.85 bits per heavy atom. The van der Waals surface area contributed by atoms with Gasteiger partial charge in [-0.2, -0.15) is 4.31 Å². The van der Waals surface area contributed by atoms with Crippen molar-refractivity contribution in [2.24, 2.45) is 5.92 Å². The molecular formula is C13H19BrN2O3S. The van der Waals surface area contributed by atoms with Crippen LogP contribution < -0.4 is 5.73 Å². The largest absolute Gasteiger partial charge is 0.399 e. The van der Waals surface area contributed by atoms with Gasteiger partial charge < -0.3 is 10.8 Å². The fourth-order valence-corrected chi connectivity index (χ4v) is 5.14. The van der Waals surface area contributed by atoms with E-state index in [4.69, 9.17) is 10.8 Å². The summed E-state index contributed by atoms with van der Waals surface area (Å²) in [7, 11) is -3.51. The first-order chi connectivity index (χ1) is 9.45. The standard InChI is InChI=1S/C13H19BrN2O3S/c14-12-8-11(15)3-4-13(12)20(18,19)16-6-1-2-10(9-16)5-7-17/h3-4,8,10,17H,1-2,5-7,9,15H2. The number of piperidine rings is 1. The van der Waals surface area contributed by atoms with Crippen LogP contribution in [0.2, 0.25) is 0 Å². The van der Waals surface area contributed by atoms with Crippen molar-refractivity contribution in [2.75, 3.05) is 25.4 Å². The van der Waals surface area contributed by atoms with Crippen LogP contribution in [-0.2, 0) is 10.0 Å². The summed E-state index contributed by atoms with van der Waals surface area (Å²) in [5.41, 5.74) is 6.17. The second-order valence-electron chi connectivity index (χ2n) is 5.07. The molecule has 1 aliphatic heterocycles. The summed E-state index contributed by atoms with van der Waals surface area (Å²) < 4.78 is 27.3. The van der Waals surface area contributed by atoms with Crippen LogP contribution in [0.1, 0.15) is 19.3 Å². The number of benzene rings is 1. The van der Waals surface area contributed by atoms with Crippen molar-refractivity contribution in [3.63, 3.8) is 0 Å². The SMILES string of the molecule is Nc1ccc(S(=O)(=O)N2CCCC(CCO)C2)c(Br)c1. The van der Waals surface area contributed by atoms with E-state index < -0.39 is 10.0 Å². The third-order valence-corrected chi connectivity index (χ3v) is 6.43. The summed E-state index contributed by atoms with van der Waals surface area (Å²) in [6.07, 6.45) is 2.45. The smallest absolute Gasteiger partial charge is 0.244 e. The van der Waals surface area contributed by atoms with Gasteiger partial charge in [0.05, 0.1) is 4.90 Å². The normalized spacial score (nSPS) is 21.0. The van der Waals surface area contributed by atoms with Gasteiger partial charge in [0.15, 0.2) is 0 Å². The number of aliphatic hydroxyl groups excluding tert-OH is 1. The molecule has 1 heterocycles. The van der Waals surface area contributed by atoms with E-state index in [1.807, 2.05) is 0 Å². The maximum absolute atomic E-state index is 12.7. The zero-order chi connectivity index (χ0) is 14.8. The number of hydrogen-bond donors (Lipinski definition) is 2. The zero-order valence-electron chi connectivity index (χ0n) is 11.1. The van der Waals surface area contributed by atoms with Gasteiger partial charge in [-0.05, 0) is 59.3 Å². The summed E-state index contributed by atoms with van der Waals surface area (Å²) in [5.74, 6) is 0.232. The maximum atomic E-state index is 12.7. The lowest BCUT2D eigenvalue weighted by Gasteiger charge is -2.31. The van der Waals surface area contributed by atoms with Crippen molar-refractivity contribution in [2.45, 2.75) is 24.2 Å². The average Bonchev–Trinajstić information content (AvgIpc) is 2.39. The molecule has 1 aromatic rings. The molecule has 3 N–H and O–H groups in total. The number of anilines is 1. The molecule has 2 rings (SSSR count). The second kappa shape index (κ2) is 6.43. The van der Waals surface area contributed by atoms with E-state index in [0.29, 0.717) is 29.7 Å². The van der Waals surface area contributed by atoms with Crippen molar-refractivity contribution in [1.82, 2.24) is 4.31 Å². The monoisotopic (exact) mass is 362 g/mol. The lowest BCUT2D eigenvalue weighted by Crippen LogP contribution is -2.40. The molecule has 0 radical (unpaired) electrons. The number of rotatable bonds is 4. The van der Waals surface area contributed by atoms with Gasteiger partial charge in [0.1, 0.15) is 0 Å². The molecule has 20 heavy (non-hydrogen) atoms. The first kappa shape index (κ1) is 15.8. The Morgan fingerprint density at radius 2 is 2.20 bits per heavy atom. The van der Waals surface area contributed by atoms with Crippen molar-refractivity contribution < 1.29 is 13.5 Å². The number of hydrogen-bond acceptors (Lipinski definition) is 4. The van der Waals surface area contributed by atoms with Gasteiger partial charge in [-0.3, -0.25) is 0 Å². The molecule has 7 heteroatoms. The van der Waals surface area contributed by atoms with Crippen LogP contribution in [0.3, 0.4) is 0 Å². The third kappa shape index (κ3) is 3.33. The van der Waals surface area contributed by atoms with E-state index >= 15 is 0 Å². The van der Waals surface area contributed by atoms with Crippen LogP contribution in [0.15, 0.2) is 27.6 Å². The van der Waals surface area contributed by atoms with Gasteiger partial charge in [0.25, 0.3) is 0 Å². The summed E-state index contributed by atoms with van der Waals surface area (Å²) in [5, 5.41) is 9.01. The minimum Gasteiger partial charge on any atom is -0.399 e. The number of nitrogen functional groups attached to an aromatic ring is 1. The molecule has 0 aliphatic carbocycles. The molecule has 1 aliphatic rings. The van der Waals surface area contributed by atoms with Crippen LogP contribution >= 0.6 is 15.9 Å². The number of sulfonamides is 1. The fourth-order valence-electron chi connectivity index (χ4n) is 2.53. The molecule has 1 saturated heterocycles. The number of halogens is 1. The van der Waals surface area contributed by atoms with Crippen molar-refractivity contribution in [3.05, 3.63) is 22.7 Å². The van der Waals surface area contributed by atoms with E-state index in [1.54, 1.807) is 12.1 Å². The van der Waals surface area contributed by atoms with Gasteiger partial charge in [0, 0.05) is 29.9 Å². The van der Waals surface area contributed by atoms with Crippen molar-refractivity contribution >= 4 is 31.6 Å². The molecule has 1 atom stereocenters. The number of aliphatic hydroxyl groups is 1. The highest BCUT2D eigenvalue weighted by molar-refractivity contribution is 9.10. The molecule has 1 unspecified atom stereocenters. The Bertz CT molecular complexity index is 575. The topological polar surface area (TPSA) is 83.6 Å². The summed E-state index contributed by atoms with van der Waals surface area (Å²) >= 11 is 3.27. The molecule has 0 aromatic heterocycles. The molecular weight excluding hydrogens is 344 g/mol. The molecule has 112 valence electrons. The van der Waals surface area contributed by atoms with E-state index in [1.165, 1.54) is 10.4 Å². The van der Waals surface area contributed by atoms with Gasteiger partial charge in [0.2, 0.25) is 10.0 Å². The predicted octanol–water partition coefficient (Wildman–Crippen LogP) is 1.81. The molecule has 0 saturated carbocycles. The molecule has 1 fully saturated rings. The lowest BCUT2D eigenvalue weighted by atomic mass is 9.97. The predicted molar refractivity (Wildman–Crippen MR) is 81.7 cm³/mol.